The first-order chi connectivity index (χ1) is 13.9. The van der Waals surface area contributed by atoms with Gasteiger partial charge in [-0.05, 0) is 60.9 Å². The van der Waals surface area contributed by atoms with Crippen LogP contribution < -0.4 is 21.3 Å². The summed E-state index contributed by atoms with van der Waals surface area (Å²) >= 11 is 13.3. The third-order valence-corrected chi connectivity index (χ3v) is 5.16. The number of aromatic amines is 1. The molecule has 3 aromatic rings. The number of aromatic nitrogens is 1. The number of nitrogens with one attached hydrogen (secondary N) is 2. The van der Waals surface area contributed by atoms with Crippen molar-refractivity contribution in [2.45, 2.75) is 13.0 Å². The molecule has 0 bridgehead atoms. The average molecular weight is 453 g/mol. The van der Waals surface area contributed by atoms with Crippen LogP contribution in [0, 0.1) is 0 Å². The number of aliphatic imine (C=N–C) groups is 1. The fourth-order valence-electron chi connectivity index (χ4n) is 2.39. The fourth-order valence-corrected chi connectivity index (χ4v) is 3.50. The summed E-state index contributed by atoms with van der Waals surface area (Å²) in [6.45, 7) is 1.52. The van der Waals surface area contributed by atoms with Crippen molar-refractivity contribution in [1.29, 1.82) is 0 Å². The summed E-state index contributed by atoms with van der Waals surface area (Å²) in [5.41, 5.74) is 6.44. The molecular weight excluding hydrogens is 435 g/mol. The second-order valence-corrected chi connectivity index (χ2v) is 7.77. The number of hydrogen-bond donors (Lipinski definition) is 4. The van der Waals surface area contributed by atoms with Crippen LogP contribution in [-0.2, 0) is 0 Å². The minimum atomic E-state index is -0.416. The second kappa shape index (κ2) is 9.32. The predicted octanol–water partition coefficient (Wildman–Crippen LogP) is 4.37. The van der Waals surface area contributed by atoms with Gasteiger partial charge in [0.25, 0.3) is 5.56 Å². The number of hydrogen-bond acceptors (Lipinski definition) is 6. The van der Waals surface area contributed by atoms with Gasteiger partial charge in [0.1, 0.15) is 27.9 Å². The van der Waals surface area contributed by atoms with E-state index in [1.807, 2.05) is 0 Å². The molecule has 0 spiro atoms. The summed E-state index contributed by atoms with van der Waals surface area (Å²) in [6, 6.07) is 11.6. The van der Waals surface area contributed by atoms with E-state index in [0.29, 0.717) is 32.2 Å². The van der Waals surface area contributed by atoms with Crippen molar-refractivity contribution in [3.63, 3.8) is 0 Å². The monoisotopic (exact) mass is 452 g/mol. The lowest BCUT2D eigenvalue weighted by molar-refractivity contribution is 0.274. The molecule has 0 aliphatic carbocycles. The molecule has 0 fully saturated rings. The fraction of sp³-hybridized carbons (Fsp3) is 0.158. The molecule has 1 aromatic heterocycles. The highest BCUT2D eigenvalue weighted by molar-refractivity contribution is 7.10. The average Bonchev–Trinajstić information content (AvgIpc) is 3.05. The van der Waals surface area contributed by atoms with Crippen LogP contribution in [0.2, 0.25) is 10.0 Å². The maximum Gasteiger partial charge on any atom is 0.271 e. The van der Waals surface area contributed by atoms with Gasteiger partial charge in [0.15, 0.2) is 0 Å². The standard InChI is InChI=1S/C19H18Cl2N4O3S/c1-10(9-26)23-17(22)16-18(27)25-29-19(16)24-12-4-7-15(14(21)8-12)28-13-5-2-11(20)3-6-13/h2-8,10,24,26H,9H2,1H3,(H2,22,23)(H,25,27). The number of aliphatic hydroxyl groups excluding tert-OH is 1. The Balaban J connectivity index is 1.81. The van der Waals surface area contributed by atoms with E-state index in [0.717, 1.165) is 11.5 Å². The first kappa shape index (κ1) is 21.2. The topological polar surface area (TPSA) is 113 Å². The first-order valence-electron chi connectivity index (χ1n) is 8.53. The Kier molecular flexibility index (Phi) is 6.81. The summed E-state index contributed by atoms with van der Waals surface area (Å²) in [5.74, 6) is 1.12. The third-order valence-electron chi connectivity index (χ3n) is 3.81. The highest BCUT2D eigenvalue weighted by Gasteiger charge is 2.16. The van der Waals surface area contributed by atoms with E-state index < -0.39 is 6.04 Å². The molecule has 1 atom stereocenters. The zero-order valence-corrected chi connectivity index (χ0v) is 17.6. The lowest BCUT2D eigenvalue weighted by Crippen LogP contribution is -2.24. The Morgan fingerprint density at radius 2 is 2.03 bits per heavy atom. The Morgan fingerprint density at radius 1 is 1.31 bits per heavy atom. The zero-order valence-electron chi connectivity index (χ0n) is 15.3. The number of rotatable bonds is 7. The van der Waals surface area contributed by atoms with Crippen molar-refractivity contribution < 1.29 is 9.84 Å². The van der Waals surface area contributed by atoms with Gasteiger partial charge in [-0.3, -0.25) is 14.2 Å². The van der Waals surface area contributed by atoms with Crippen LogP contribution in [0.3, 0.4) is 0 Å². The smallest absolute Gasteiger partial charge is 0.271 e. The van der Waals surface area contributed by atoms with Gasteiger partial charge >= 0.3 is 0 Å². The summed E-state index contributed by atoms with van der Waals surface area (Å²) in [4.78, 5) is 16.2. The number of nitrogens with two attached hydrogens (primary N) is 1. The highest BCUT2D eigenvalue weighted by Crippen LogP contribution is 2.33. The molecule has 3 rings (SSSR count). The molecule has 0 saturated heterocycles. The maximum absolute atomic E-state index is 12.1. The van der Waals surface area contributed by atoms with Crippen LogP contribution in [0.25, 0.3) is 0 Å². The molecule has 2 aromatic carbocycles. The quantitative estimate of drug-likeness (QED) is 0.314. The second-order valence-electron chi connectivity index (χ2n) is 6.11. The summed E-state index contributed by atoms with van der Waals surface area (Å²) in [7, 11) is 0. The van der Waals surface area contributed by atoms with Crippen LogP contribution >= 0.6 is 34.7 Å². The number of H-pyrrole nitrogens is 1. The van der Waals surface area contributed by atoms with Crippen LogP contribution in [0.5, 0.6) is 11.5 Å². The van der Waals surface area contributed by atoms with Crippen molar-refractivity contribution in [2.75, 3.05) is 11.9 Å². The van der Waals surface area contributed by atoms with Crippen molar-refractivity contribution in [3.05, 3.63) is 68.4 Å². The van der Waals surface area contributed by atoms with Gasteiger partial charge in [0.05, 0.1) is 17.7 Å². The molecule has 152 valence electrons. The molecule has 0 amide bonds. The van der Waals surface area contributed by atoms with Crippen LogP contribution in [0.15, 0.2) is 52.3 Å². The van der Waals surface area contributed by atoms with Crippen LogP contribution in [0.1, 0.15) is 12.5 Å². The molecule has 5 N–H and O–H groups in total. The summed E-state index contributed by atoms with van der Waals surface area (Å²) < 4.78 is 8.38. The van der Waals surface area contributed by atoms with E-state index in [1.54, 1.807) is 49.4 Å². The SMILES string of the molecule is CC(CO)N=C(N)c1c(Nc2ccc(Oc3ccc(Cl)cc3)c(Cl)c2)s[nH]c1=O. The Bertz CT molecular complexity index is 1080. The molecular formula is C19H18Cl2N4O3S. The van der Waals surface area contributed by atoms with Crippen LogP contribution in [-0.4, -0.2) is 28.0 Å². The molecule has 0 aliphatic rings. The van der Waals surface area contributed by atoms with Gasteiger partial charge in [-0.25, -0.2) is 0 Å². The minimum Gasteiger partial charge on any atom is -0.456 e. The van der Waals surface area contributed by atoms with Gasteiger partial charge in [-0.1, -0.05) is 23.2 Å². The van der Waals surface area contributed by atoms with Gasteiger partial charge in [0, 0.05) is 10.7 Å². The van der Waals surface area contributed by atoms with Gasteiger partial charge < -0.3 is 20.9 Å². The van der Waals surface area contributed by atoms with Crippen molar-refractivity contribution in [3.8, 4) is 11.5 Å². The number of aliphatic hydroxyl groups is 1. The molecule has 29 heavy (non-hydrogen) atoms. The molecule has 10 heteroatoms. The molecule has 1 unspecified atom stereocenters. The molecule has 0 aliphatic heterocycles. The Labute approximate surface area is 180 Å². The van der Waals surface area contributed by atoms with E-state index in [9.17, 15) is 4.79 Å². The first-order valence-corrected chi connectivity index (χ1v) is 10.1. The Hall–Kier alpha value is -2.52. The lowest BCUT2D eigenvalue weighted by Gasteiger charge is -2.11. The molecule has 0 radical (unpaired) electrons. The molecule has 1 heterocycles. The number of benzene rings is 2. The van der Waals surface area contributed by atoms with E-state index in [1.165, 1.54) is 0 Å². The van der Waals surface area contributed by atoms with Crippen LogP contribution in [0.4, 0.5) is 10.7 Å². The molecule has 7 nitrogen and oxygen atoms in total. The minimum absolute atomic E-state index is 0.0466. The highest BCUT2D eigenvalue weighted by atomic mass is 35.5. The van der Waals surface area contributed by atoms with Gasteiger partial charge in [-0.2, -0.15) is 0 Å². The Morgan fingerprint density at radius 3 is 2.69 bits per heavy atom. The number of halogens is 2. The largest absolute Gasteiger partial charge is 0.456 e. The summed E-state index contributed by atoms with van der Waals surface area (Å²) in [5, 5.41) is 13.7. The predicted molar refractivity (Wildman–Crippen MR) is 118 cm³/mol. The number of nitrogens with zero attached hydrogens (tertiary/aromatic N) is 1. The third kappa shape index (κ3) is 5.30. The molecule has 0 saturated carbocycles. The van der Waals surface area contributed by atoms with E-state index >= 15 is 0 Å². The van der Waals surface area contributed by atoms with Crippen molar-refractivity contribution in [1.82, 2.24) is 4.37 Å². The summed E-state index contributed by atoms with van der Waals surface area (Å²) in [6.07, 6.45) is 0. The van der Waals surface area contributed by atoms with E-state index in [2.05, 4.69) is 14.7 Å². The maximum atomic E-state index is 12.1. The van der Waals surface area contributed by atoms with E-state index in [4.69, 9.17) is 38.8 Å². The van der Waals surface area contributed by atoms with Gasteiger partial charge in [0.2, 0.25) is 0 Å². The van der Waals surface area contributed by atoms with Gasteiger partial charge in [-0.15, -0.1) is 0 Å². The zero-order chi connectivity index (χ0) is 21.0. The normalized spacial score (nSPS) is 12.6. The number of ether oxygens (including phenoxy) is 1. The number of amidine groups is 1. The van der Waals surface area contributed by atoms with Crippen molar-refractivity contribution >= 4 is 51.3 Å². The van der Waals surface area contributed by atoms with Crippen molar-refractivity contribution in [2.24, 2.45) is 10.7 Å². The lowest BCUT2D eigenvalue weighted by atomic mass is 10.2. The van der Waals surface area contributed by atoms with E-state index in [-0.39, 0.29) is 23.6 Å². The number of anilines is 2.